The molecule has 0 radical (unpaired) electrons. The van der Waals surface area contributed by atoms with Crippen molar-refractivity contribution in [2.75, 3.05) is 0 Å². The van der Waals surface area contributed by atoms with E-state index < -0.39 is 0 Å². The third-order valence-corrected chi connectivity index (χ3v) is 7.99. The van der Waals surface area contributed by atoms with E-state index in [0.717, 1.165) is 35.5 Å². The van der Waals surface area contributed by atoms with Crippen LogP contribution in [0.5, 0.6) is 0 Å². The molecule has 6 atom stereocenters. The first-order valence-electron chi connectivity index (χ1n) is 11.0. The van der Waals surface area contributed by atoms with Crippen molar-refractivity contribution in [2.45, 2.75) is 103 Å². The SMILES string of the molecule is CC1CC(CC2CCC(CC3CCC(N)C(C)C3)CC2)CCC1N. The van der Waals surface area contributed by atoms with Gasteiger partial charge in [-0.15, -0.1) is 0 Å². The predicted octanol–water partition coefficient (Wildman–Crippen LogP) is 5.10. The fraction of sp³-hybridized carbons (Fsp3) is 1.00. The largest absolute Gasteiger partial charge is 0.327 e. The summed E-state index contributed by atoms with van der Waals surface area (Å²) >= 11 is 0. The van der Waals surface area contributed by atoms with Crippen LogP contribution in [-0.2, 0) is 0 Å². The quantitative estimate of drug-likeness (QED) is 0.751. The van der Waals surface area contributed by atoms with Gasteiger partial charge < -0.3 is 11.5 Å². The van der Waals surface area contributed by atoms with E-state index in [9.17, 15) is 0 Å². The monoisotopic (exact) mass is 334 g/mol. The van der Waals surface area contributed by atoms with Crippen LogP contribution in [-0.4, -0.2) is 12.1 Å². The maximum atomic E-state index is 6.19. The molecule has 3 saturated carbocycles. The van der Waals surface area contributed by atoms with Crippen LogP contribution in [0.4, 0.5) is 0 Å². The summed E-state index contributed by atoms with van der Waals surface area (Å²) in [6.45, 7) is 4.73. The standard InChI is InChI=1S/C22H42N2/c1-15-11-19(7-9-21(15)23)13-17-3-5-18(6-4-17)14-20-8-10-22(24)16(2)12-20/h15-22H,3-14,23-24H2,1-2H3. The molecule has 6 unspecified atom stereocenters. The molecule has 0 amide bonds. The van der Waals surface area contributed by atoms with Crippen molar-refractivity contribution in [2.24, 2.45) is 47.0 Å². The molecule has 0 bridgehead atoms. The van der Waals surface area contributed by atoms with Gasteiger partial charge >= 0.3 is 0 Å². The minimum Gasteiger partial charge on any atom is -0.327 e. The Hall–Kier alpha value is -0.0800. The van der Waals surface area contributed by atoms with Gasteiger partial charge in [0.15, 0.2) is 0 Å². The maximum absolute atomic E-state index is 6.19. The van der Waals surface area contributed by atoms with Crippen molar-refractivity contribution in [1.29, 1.82) is 0 Å². The molecule has 24 heavy (non-hydrogen) atoms. The average Bonchev–Trinajstić information content (AvgIpc) is 2.56. The van der Waals surface area contributed by atoms with Crippen LogP contribution in [0, 0.1) is 35.5 Å². The molecule has 3 aliphatic carbocycles. The van der Waals surface area contributed by atoms with Crippen LogP contribution in [0.15, 0.2) is 0 Å². The van der Waals surface area contributed by atoms with Crippen LogP contribution in [0.3, 0.4) is 0 Å². The van der Waals surface area contributed by atoms with Crippen LogP contribution >= 0.6 is 0 Å². The van der Waals surface area contributed by atoms with E-state index in [1.165, 1.54) is 77.0 Å². The molecular formula is C22H42N2. The summed E-state index contributed by atoms with van der Waals surface area (Å²) in [5.41, 5.74) is 12.4. The number of hydrogen-bond donors (Lipinski definition) is 2. The second-order valence-electron chi connectivity index (χ2n) is 10.00. The summed E-state index contributed by atoms with van der Waals surface area (Å²) in [5, 5.41) is 0. The topological polar surface area (TPSA) is 52.0 Å². The molecule has 0 spiro atoms. The van der Waals surface area contributed by atoms with Crippen molar-refractivity contribution in [3.63, 3.8) is 0 Å². The average molecular weight is 335 g/mol. The summed E-state index contributed by atoms with van der Waals surface area (Å²) < 4.78 is 0. The van der Waals surface area contributed by atoms with Gasteiger partial charge in [0.2, 0.25) is 0 Å². The van der Waals surface area contributed by atoms with Crippen molar-refractivity contribution in [3.05, 3.63) is 0 Å². The zero-order chi connectivity index (χ0) is 17.1. The summed E-state index contributed by atoms with van der Waals surface area (Å²) in [6, 6.07) is 0.950. The smallest absolute Gasteiger partial charge is 0.00647 e. The highest BCUT2D eigenvalue weighted by atomic mass is 14.7. The van der Waals surface area contributed by atoms with Crippen molar-refractivity contribution >= 4 is 0 Å². The predicted molar refractivity (Wildman–Crippen MR) is 104 cm³/mol. The van der Waals surface area contributed by atoms with E-state index in [4.69, 9.17) is 11.5 Å². The Kier molecular flexibility index (Phi) is 6.65. The molecule has 4 N–H and O–H groups in total. The van der Waals surface area contributed by atoms with Crippen LogP contribution in [0.25, 0.3) is 0 Å². The van der Waals surface area contributed by atoms with Gasteiger partial charge in [-0.25, -0.2) is 0 Å². The molecule has 0 aromatic heterocycles. The second kappa shape index (κ2) is 8.54. The van der Waals surface area contributed by atoms with E-state index in [1.54, 1.807) is 0 Å². The second-order valence-corrected chi connectivity index (χ2v) is 10.00. The Labute approximate surface area is 150 Å². The highest BCUT2D eigenvalue weighted by molar-refractivity contribution is 4.85. The van der Waals surface area contributed by atoms with E-state index in [0.29, 0.717) is 12.1 Å². The van der Waals surface area contributed by atoms with Gasteiger partial charge in [0.05, 0.1) is 0 Å². The first-order chi connectivity index (χ1) is 11.5. The normalized spacial score (nSPS) is 47.5. The Morgan fingerprint density at radius 3 is 1.21 bits per heavy atom. The molecule has 2 nitrogen and oxygen atoms in total. The van der Waals surface area contributed by atoms with Gasteiger partial charge in [-0.3, -0.25) is 0 Å². The van der Waals surface area contributed by atoms with Gasteiger partial charge in [0.1, 0.15) is 0 Å². The zero-order valence-corrected chi connectivity index (χ0v) is 16.3. The zero-order valence-electron chi connectivity index (χ0n) is 16.3. The molecule has 2 heteroatoms. The lowest BCUT2D eigenvalue weighted by Gasteiger charge is -2.38. The third kappa shape index (κ3) is 4.97. The summed E-state index contributed by atoms with van der Waals surface area (Å²) in [5.74, 6) is 5.49. The van der Waals surface area contributed by atoms with Crippen LogP contribution in [0.1, 0.15) is 90.9 Å². The van der Waals surface area contributed by atoms with Gasteiger partial charge in [-0.2, -0.15) is 0 Å². The number of rotatable bonds is 4. The molecule has 0 saturated heterocycles. The highest BCUT2D eigenvalue weighted by Crippen LogP contribution is 2.41. The molecular weight excluding hydrogens is 292 g/mol. The van der Waals surface area contributed by atoms with E-state index >= 15 is 0 Å². The molecule has 0 heterocycles. The minimum absolute atomic E-state index is 0.475. The third-order valence-electron chi connectivity index (χ3n) is 7.99. The lowest BCUT2D eigenvalue weighted by atomic mass is 9.69. The van der Waals surface area contributed by atoms with E-state index in [2.05, 4.69) is 13.8 Å². The minimum atomic E-state index is 0.475. The van der Waals surface area contributed by atoms with Gasteiger partial charge in [0.25, 0.3) is 0 Å². The first kappa shape index (κ1) is 18.7. The fourth-order valence-electron chi connectivity index (χ4n) is 6.14. The molecule has 3 fully saturated rings. The van der Waals surface area contributed by atoms with Gasteiger partial charge in [-0.05, 0) is 86.9 Å². The molecule has 0 aromatic rings. The van der Waals surface area contributed by atoms with E-state index in [-0.39, 0.29) is 0 Å². The Morgan fingerprint density at radius 2 is 0.875 bits per heavy atom. The molecule has 3 rings (SSSR count). The van der Waals surface area contributed by atoms with Crippen LogP contribution < -0.4 is 11.5 Å². The highest BCUT2D eigenvalue weighted by Gasteiger charge is 2.31. The first-order valence-corrected chi connectivity index (χ1v) is 11.0. The van der Waals surface area contributed by atoms with Gasteiger partial charge in [-0.1, -0.05) is 39.5 Å². The maximum Gasteiger partial charge on any atom is 0.00647 e. The molecule has 0 aliphatic heterocycles. The Bertz CT molecular complexity index is 338. The van der Waals surface area contributed by atoms with Crippen molar-refractivity contribution in [1.82, 2.24) is 0 Å². The Morgan fingerprint density at radius 1 is 0.542 bits per heavy atom. The summed E-state index contributed by atoms with van der Waals surface area (Å²) in [4.78, 5) is 0. The summed E-state index contributed by atoms with van der Waals surface area (Å²) in [6.07, 6.45) is 17.1. The summed E-state index contributed by atoms with van der Waals surface area (Å²) in [7, 11) is 0. The lowest BCUT2D eigenvalue weighted by molar-refractivity contribution is 0.153. The van der Waals surface area contributed by atoms with E-state index in [1.807, 2.05) is 0 Å². The molecule has 0 aromatic carbocycles. The van der Waals surface area contributed by atoms with Crippen LogP contribution in [0.2, 0.25) is 0 Å². The number of hydrogen-bond acceptors (Lipinski definition) is 2. The van der Waals surface area contributed by atoms with Crippen molar-refractivity contribution in [3.8, 4) is 0 Å². The fourth-order valence-corrected chi connectivity index (χ4v) is 6.14. The van der Waals surface area contributed by atoms with Gasteiger partial charge in [0, 0.05) is 12.1 Å². The Balaban J connectivity index is 1.35. The number of nitrogens with two attached hydrogens (primary N) is 2. The molecule has 3 aliphatic rings. The lowest BCUT2D eigenvalue weighted by Crippen LogP contribution is -2.35. The van der Waals surface area contributed by atoms with Crippen molar-refractivity contribution < 1.29 is 0 Å². The molecule has 140 valence electrons.